The number of anilines is 1. The Hall–Kier alpha value is -3.69. The Morgan fingerprint density at radius 3 is 2.67 bits per heavy atom. The monoisotopic (exact) mass is 453 g/mol. The molecule has 1 saturated heterocycles. The molecule has 1 spiro atoms. The predicted octanol–water partition coefficient (Wildman–Crippen LogP) is 2.35. The maximum Gasteiger partial charge on any atom is 0.343 e. The first-order valence-electron chi connectivity index (χ1n) is 11.1. The number of carbonyl (C=O) groups is 4. The highest BCUT2D eigenvalue weighted by molar-refractivity contribution is 6.24. The number of esters is 1. The van der Waals surface area contributed by atoms with Crippen LogP contribution in [0.2, 0.25) is 0 Å². The van der Waals surface area contributed by atoms with E-state index in [1.165, 1.54) is 0 Å². The van der Waals surface area contributed by atoms with E-state index in [-0.39, 0.29) is 36.9 Å². The van der Waals surface area contributed by atoms with Gasteiger partial charge in [-0.15, -0.1) is 0 Å². The molecule has 10 nitrogen and oxygen atoms in total. The number of amides is 4. The minimum atomic E-state index is -0.814. The van der Waals surface area contributed by atoms with Gasteiger partial charge in [0, 0.05) is 18.7 Å². The normalized spacial score (nSPS) is 19.0. The molecular formula is C23H27N5O5. The molecule has 0 aromatic heterocycles. The molecule has 0 radical (unpaired) electrons. The van der Waals surface area contributed by atoms with Crippen LogP contribution in [0.4, 0.5) is 16.2 Å². The lowest BCUT2D eigenvalue weighted by Gasteiger charge is -2.20. The molecule has 3 N–H and O–H groups in total. The van der Waals surface area contributed by atoms with Crippen molar-refractivity contribution in [3.05, 3.63) is 35.5 Å². The Morgan fingerprint density at radius 1 is 1.21 bits per heavy atom. The number of urea groups is 1. The van der Waals surface area contributed by atoms with Crippen molar-refractivity contribution in [2.45, 2.75) is 51.5 Å². The number of aliphatic imine (C=N–C) groups is 1. The van der Waals surface area contributed by atoms with E-state index in [2.05, 4.69) is 20.9 Å². The molecule has 0 atom stereocenters. The molecule has 174 valence electrons. The van der Waals surface area contributed by atoms with E-state index in [0.717, 1.165) is 17.7 Å². The zero-order valence-corrected chi connectivity index (χ0v) is 18.7. The molecule has 3 aliphatic rings. The molecule has 1 saturated carbocycles. The van der Waals surface area contributed by atoms with E-state index < -0.39 is 23.4 Å². The Bertz CT molecular complexity index is 1070. The van der Waals surface area contributed by atoms with Crippen LogP contribution in [0.3, 0.4) is 0 Å². The summed E-state index contributed by atoms with van der Waals surface area (Å²) >= 11 is 0. The quantitative estimate of drug-likeness (QED) is 0.464. The van der Waals surface area contributed by atoms with Crippen LogP contribution < -0.4 is 16.0 Å². The molecule has 10 heteroatoms. The maximum atomic E-state index is 12.8. The molecule has 1 aliphatic carbocycles. The average Bonchev–Trinajstić information content (AvgIpc) is 3.28. The fourth-order valence-corrected chi connectivity index (χ4v) is 4.44. The number of nitrogens with one attached hydrogen (secondary N) is 3. The van der Waals surface area contributed by atoms with Crippen molar-refractivity contribution in [2.24, 2.45) is 4.99 Å². The number of ether oxygens (including phenoxy) is 1. The molecular weight excluding hydrogens is 426 g/mol. The zero-order chi connectivity index (χ0) is 23.6. The molecule has 33 heavy (non-hydrogen) atoms. The molecule has 2 heterocycles. The number of para-hydroxylation sites is 2. The lowest BCUT2D eigenvalue weighted by atomic mass is 9.98. The predicted molar refractivity (Wildman–Crippen MR) is 121 cm³/mol. The van der Waals surface area contributed by atoms with Crippen LogP contribution in [0.15, 0.2) is 40.5 Å². The number of nitrogens with zero attached hydrogens (tertiary/aromatic N) is 2. The van der Waals surface area contributed by atoms with Gasteiger partial charge in [-0.05, 0) is 38.8 Å². The van der Waals surface area contributed by atoms with Crippen LogP contribution >= 0.6 is 0 Å². The summed E-state index contributed by atoms with van der Waals surface area (Å²) in [5.41, 5.74) is 1.01. The van der Waals surface area contributed by atoms with Gasteiger partial charge in [0.25, 0.3) is 5.91 Å². The molecule has 1 aromatic rings. The third kappa shape index (κ3) is 4.33. The van der Waals surface area contributed by atoms with Crippen LogP contribution in [-0.4, -0.2) is 53.2 Å². The fourth-order valence-electron chi connectivity index (χ4n) is 4.44. The zero-order valence-electron chi connectivity index (χ0n) is 18.7. The van der Waals surface area contributed by atoms with Crippen LogP contribution in [0, 0.1) is 0 Å². The Morgan fingerprint density at radius 2 is 1.94 bits per heavy atom. The summed E-state index contributed by atoms with van der Waals surface area (Å²) in [7, 11) is 0. The lowest BCUT2D eigenvalue weighted by molar-refractivity contribution is -0.138. The Labute approximate surface area is 191 Å². The first-order valence-corrected chi connectivity index (χ1v) is 11.1. The number of imide groups is 1. The highest BCUT2D eigenvalue weighted by Crippen LogP contribution is 2.35. The second-order valence-corrected chi connectivity index (χ2v) is 8.30. The number of hydrogen-bond donors (Lipinski definition) is 3. The van der Waals surface area contributed by atoms with E-state index in [4.69, 9.17) is 4.74 Å². The topological polar surface area (TPSA) is 129 Å². The number of benzene rings is 1. The van der Waals surface area contributed by atoms with E-state index in [1.807, 2.05) is 12.1 Å². The molecule has 0 bridgehead atoms. The van der Waals surface area contributed by atoms with Crippen LogP contribution in [0.25, 0.3) is 0 Å². The number of allylic oxidation sites excluding steroid dienone is 1. The Kier molecular flexibility index (Phi) is 6.17. The highest BCUT2D eigenvalue weighted by Gasteiger charge is 2.52. The van der Waals surface area contributed by atoms with Crippen molar-refractivity contribution in [1.29, 1.82) is 0 Å². The van der Waals surface area contributed by atoms with E-state index in [0.29, 0.717) is 29.9 Å². The third-order valence-corrected chi connectivity index (χ3v) is 6.07. The molecule has 4 amide bonds. The first-order chi connectivity index (χ1) is 15.8. The summed E-state index contributed by atoms with van der Waals surface area (Å²) in [6.07, 6.45) is 2.89. The smallest absolute Gasteiger partial charge is 0.343 e. The summed E-state index contributed by atoms with van der Waals surface area (Å²) in [6, 6.07) is 6.72. The number of carbonyl (C=O) groups excluding carboxylic acids is 4. The van der Waals surface area contributed by atoms with Gasteiger partial charge in [-0.1, -0.05) is 25.0 Å². The third-order valence-electron chi connectivity index (χ3n) is 6.07. The van der Waals surface area contributed by atoms with Gasteiger partial charge in [0.1, 0.15) is 16.9 Å². The Balaban J connectivity index is 1.51. The summed E-state index contributed by atoms with van der Waals surface area (Å²) in [4.78, 5) is 56.2. The molecule has 1 aromatic carbocycles. The van der Waals surface area contributed by atoms with Gasteiger partial charge in [-0.3, -0.25) is 14.5 Å². The average molecular weight is 453 g/mol. The highest BCUT2D eigenvalue weighted by atomic mass is 16.5. The second-order valence-electron chi connectivity index (χ2n) is 8.30. The fraction of sp³-hybridized carbons (Fsp3) is 0.435. The summed E-state index contributed by atoms with van der Waals surface area (Å²) < 4.78 is 5.17. The van der Waals surface area contributed by atoms with Crippen molar-refractivity contribution >= 4 is 41.0 Å². The minimum Gasteiger partial charge on any atom is -0.462 e. The van der Waals surface area contributed by atoms with Gasteiger partial charge in [0.15, 0.2) is 0 Å². The van der Waals surface area contributed by atoms with Gasteiger partial charge >= 0.3 is 12.0 Å². The van der Waals surface area contributed by atoms with Crippen LogP contribution in [0.1, 0.15) is 46.0 Å². The minimum absolute atomic E-state index is 0.0536. The van der Waals surface area contributed by atoms with Crippen LogP contribution in [0.5, 0.6) is 0 Å². The van der Waals surface area contributed by atoms with Crippen molar-refractivity contribution in [3.63, 3.8) is 0 Å². The molecule has 2 fully saturated rings. The SMILES string of the molecule is CCOC(=O)C1=C(C)Nc2ccccc2N=C1NC(=O)CCN1C(=O)NC2(CCCC2)C1=O. The van der Waals surface area contributed by atoms with Crippen molar-refractivity contribution in [3.8, 4) is 0 Å². The van der Waals surface area contributed by atoms with Gasteiger partial charge in [0.05, 0.1) is 18.0 Å². The number of fused-ring (bicyclic) bond motifs is 1. The van der Waals surface area contributed by atoms with Crippen molar-refractivity contribution in [2.75, 3.05) is 18.5 Å². The number of amidine groups is 1. The van der Waals surface area contributed by atoms with E-state index in [1.54, 1.807) is 26.0 Å². The van der Waals surface area contributed by atoms with Gasteiger partial charge in [-0.2, -0.15) is 0 Å². The lowest BCUT2D eigenvalue weighted by Crippen LogP contribution is -2.44. The number of hydrogen-bond acceptors (Lipinski definition) is 7. The second kappa shape index (κ2) is 9.05. The van der Waals surface area contributed by atoms with Crippen LogP contribution in [-0.2, 0) is 19.1 Å². The van der Waals surface area contributed by atoms with Gasteiger partial charge in [0.2, 0.25) is 5.91 Å². The molecule has 2 aliphatic heterocycles. The summed E-state index contributed by atoms with van der Waals surface area (Å²) in [6.45, 7) is 3.50. The summed E-state index contributed by atoms with van der Waals surface area (Å²) in [5.74, 6) is -1.31. The van der Waals surface area contributed by atoms with Gasteiger partial charge < -0.3 is 20.7 Å². The largest absolute Gasteiger partial charge is 0.462 e. The standard InChI is InChI=1S/C23H27N5O5/c1-3-33-20(30)18-14(2)24-15-8-4-5-9-16(15)25-19(18)26-17(29)10-13-28-21(31)23(27-22(28)32)11-6-7-12-23/h4-5,8-9,24H,3,6-7,10-13H2,1-2H3,(H,27,32)(H,25,26,29). The van der Waals surface area contributed by atoms with E-state index in [9.17, 15) is 19.2 Å². The first kappa shape index (κ1) is 22.5. The van der Waals surface area contributed by atoms with Gasteiger partial charge in [-0.25, -0.2) is 14.6 Å². The van der Waals surface area contributed by atoms with Crippen molar-refractivity contribution < 1.29 is 23.9 Å². The number of rotatable bonds is 5. The van der Waals surface area contributed by atoms with E-state index >= 15 is 0 Å². The molecule has 0 unspecified atom stereocenters. The maximum absolute atomic E-state index is 12.8. The van der Waals surface area contributed by atoms with Crippen molar-refractivity contribution in [1.82, 2.24) is 15.5 Å². The molecule has 4 rings (SSSR count). The summed E-state index contributed by atoms with van der Waals surface area (Å²) in [5, 5.41) is 8.62.